The fourth-order valence-corrected chi connectivity index (χ4v) is 3.98. The van der Waals surface area contributed by atoms with E-state index in [2.05, 4.69) is 34.6 Å². The molecule has 1 fully saturated rings. The molecule has 0 aliphatic carbocycles. The van der Waals surface area contributed by atoms with Crippen molar-refractivity contribution in [2.75, 3.05) is 13.2 Å². The van der Waals surface area contributed by atoms with E-state index in [9.17, 15) is 5.11 Å². The van der Waals surface area contributed by atoms with Gasteiger partial charge in [0.15, 0.2) is 5.89 Å². The van der Waals surface area contributed by atoms with Crippen LogP contribution in [0.1, 0.15) is 67.2 Å². The number of aliphatic hydroxyl groups is 1. The van der Waals surface area contributed by atoms with Crippen LogP contribution in [-0.2, 0) is 12.8 Å². The number of aromatic nitrogens is 1. The van der Waals surface area contributed by atoms with Gasteiger partial charge in [-0.3, -0.25) is 0 Å². The summed E-state index contributed by atoms with van der Waals surface area (Å²) in [5.74, 6) is 1.23. The highest BCUT2D eigenvalue weighted by Gasteiger charge is 2.27. The Morgan fingerprint density at radius 1 is 1.08 bits per heavy atom. The molecule has 142 valence electrons. The summed E-state index contributed by atoms with van der Waals surface area (Å²) in [5.41, 5.74) is 3.88. The molecule has 2 N–H and O–H groups in total. The summed E-state index contributed by atoms with van der Waals surface area (Å²) in [6.45, 7) is 3.13. The second kappa shape index (κ2) is 9.89. The van der Waals surface area contributed by atoms with Gasteiger partial charge in [0.25, 0.3) is 0 Å². The van der Waals surface area contributed by atoms with Gasteiger partial charge in [-0.05, 0) is 49.8 Å². The zero-order valence-electron chi connectivity index (χ0n) is 15.9. The number of rotatable bonds is 10. The molecule has 1 saturated heterocycles. The fourth-order valence-electron chi connectivity index (χ4n) is 3.98. The summed E-state index contributed by atoms with van der Waals surface area (Å²) in [4.78, 5) is 4.35. The summed E-state index contributed by atoms with van der Waals surface area (Å²) < 4.78 is 5.24. The van der Waals surface area contributed by atoms with Crippen molar-refractivity contribution in [1.29, 1.82) is 0 Å². The average Bonchev–Trinajstić information content (AvgIpc) is 3.30. The van der Waals surface area contributed by atoms with Crippen LogP contribution >= 0.6 is 0 Å². The van der Waals surface area contributed by atoms with Crippen molar-refractivity contribution in [1.82, 2.24) is 10.3 Å². The molecule has 0 radical (unpaired) electrons. The van der Waals surface area contributed by atoms with Crippen LogP contribution in [0.4, 0.5) is 0 Å². The molecule has 0 bridgehead atoms. The van der Waals surface area contributed by atoms with Gasteiger partial charge in [0.05, 0.1) is 12.3 Å². The Hall–Kier alpha value is -1.65. The second-order valence-corrected chi connectivity index (χ2v) is 7.51. The Labute approximate surface area is 157 Å². The van der Waals surface area contributed by atoms with Crippen LogP contribution in [-0.4, -0.2) is 29.3 Å². The smallest absolute Gasteiger partial charge is 0.191 e. The van der Waals surface area contributed by atoms with Crippen LogP contribution in [0.5, 0.6) is 0 Å². The molecule has 0 unspecified atom stereocenters. The summed E-state index contributed by atoms with van der Waals surface area (Å²) in [5, 5.41) is 12.8. The zero-order chi connectivity index (χ0) is 18.2. The van der Waals surface area contributed by atoms with E-state index in [-0.39, 0.29) is 12.6 Å². The minimum absolute atomic E-state index is 0.224. The van der Waals surface area contributed by atoms with E-state index in [0.717, 1.165) is 37.4 Å². The van der Waals surface area contributed by atoms with Gasteiger partial charge < -0.3 is 14.8 Å². The van der Waals surface area contributed by atoms with Crippen LogP contribution in [0.3, 0.4) is 0 Å². The van der Waals surface area contributed by atoms with Gasteiger partial charge in [-0.25, -0.2) is 4.98 Å². The molecule has 0 spiro atoms. The third-order valence-electron chi connectivity index (χ3n) is 5.52. The molecular weight excluding hydrogens is 324 g/mol. The van der Waals surface area contributed by atoms with Crippen molar-refractivity contribution in [3.05, 3.63) is 53.2 Å². The molecule has 1 aliphatic rings. The van der Waals surface area contributed by atoms with Crippen molar-refractivity contribution < 1.29 is 9.52 Å². The standard InChI is InChI=1S/C22H32N2O2/c1-17-24-20(16-26-17)8-6-4-2-3-5-7-18-9-11-19(12-10-18)21-13-14-23-22(21)15-25/h9-12,16,21-23,25H,2-8,13-15H2,1H3/t21-,22-/m1/s1. The van der Waals surface area contributed by atoms with Gasteiger partial charge in [-0.15, -0.1) is 0 Å². The number of oxazole rings is 1. The van der Waals surface area contributed by atoms with Crippen LogP contribution < -0.4 is 5.32 Å². The Morgan fingerprint density at radius 3 is 2.50 bits per heavy atom. The lowest BCUT2D eigenvalue weighted by Gasteiger charge is -2.17. The second-order valence-electron chi connectivity index (χ2n) is 7.51. The van der Waals surface area contributed by atoms with Gasteiger partial charge in [-0.2, -0.15) is 0 Å². The lowest BCUT2D eigenvalue weighted by molar-refractivity contribution is 0.245. The van der Waals surface area contributed by atoms with Crippen molar-refractivity contribution in [2.45, 2.75) is 70.3 Å². The number of nitrogens with one attached hydrogen (secondary N) is 1. The molecule has 3 rings (SSSR count). The van der Waals surface area contributed by atoms with Crippen LogP contribution in [0.15, 0.2) is 34.9 Å². The van der Waals surface area contributed by atoms with Gasteiger partial charge in [0, 0.05) is 18.9 Å². The molecule has 2 aromatic rings. The minimum atomic E-state index is 0.224. The first kappa shape index (κ1) is 19.1. The monoisotopic (exact) mass is 356 g/mol. The van der Waals surface area contributed by atoms with Crippen molar-refractivity contribution in [2.24, 2.45) is 0 Å². The number of aryl methyl sites for hydroxylation is 3. The zero-order valence-corrected chi connectivity index (χ0v) is 15.9. The third kappa shape index (κ3) is 5.42. The van der Waals surface area contributed by atoms with E-state index in [4.69, 9.17) is 4.42 Å². The van der Waals surface area contributed by atoms with Crippen LogP contribution in [0, 0.1) is 6.92 Å². The predicted molar refractivity (Wildman–Crippen MR) is 104 cm³/mol. The Bertz CT molecular complexity index is 650. The van der Waals surface area contributed by atoms with Gasteiger partial charge in [-0.1, -0.05) is 43.5 Å². The number of unbranched alkanes of at least 4 members (excludes halogenated alkanes) is 4. The maximum atomic E-state index is 9.45. The van der Waals surface area contributed by atoms with Crippen molar-refractivity contribution in [3.63, 3.8) is 0 Å². The summed E-state index contributed by atoms with van der Waals surface area (Å²) >= 11 is 0. The molecule has 2 atom stereocenters. The van der Waals surface area contributed by atoms with Crippen LogP contribution in [0.25, 0.3) is 0 Å². The maximum Gasteiger partial charge on any atom is 0.191 e. The quantitative estimate of drug-likeness (QED) is 0.628. The normalized spacial score (nSPS) is 19.9. The molecule has 1 aliphatic heterocycles. The van der Waals surface area contributed by atoms with Gasteiger partial charge in [0.2, 0.25) is 0 Å². The van der Waals surface area contributed by atoms with E-state index in [1.165, 1.54) is 43.2 Å². The first-order valence-corrected chi connectivity index (χ1v) is 10.1. The summed E-state index contributed by atoms with van der Waals surface area (Å²) in [6.07, 6.45) is 11.4. The Balaban J connectivity index is 1.30. The molecule has 0 amide bonds. The van der Waals surface area contributed by atoms with E-state index in [1.807, 2.05) is 6.92 Å². The number of aliphatic hydroxyl groups excluding tert-OH is 1. The number of benzene rings is 1. The Kier molecular flexibility index (Phi) is 7.27. The molecule has 1 aromatic carbocycles. The summed E-state index contributed by atoms with van der Waals surface area (Å²) in [6, 6.07) is 9.29. The SMILES string of the molecule is Cc1nc(CCCCCCCc2ccc([C@H]3CCN[C@@H]3CO)cc2)co1. The molecule has 0 saturated carbocycles. The molecule has 4 heteroatoms. The third-order valence-corrected chi connectivity index (χ3v) is 5.52. The highest BCUT2D eigenvalue weighted by molar-refractivity contribution is 5.27. The molecule has 4 nitrogen and oxygen atoms in total. The molecule has 2 heterocycles. The van der Waals surface area contributed by atoms with Gasteiger partial charge >= 0.3 is 0 Å². The van der Waals surface area contributed by atoms with Gasteiger partial charge in [0.1, 0.15) is 6.26 Å². The molecule has 1 aromatic heterocycles. The maximum absolute atomic E-state index is 9.45. The highest BCUT2D eigenvalue weighted by atomic mass is 16.3. The van der Waals surface area contributed by atoms with Crippen LogP contribution in [0.2, 0.25) is 0 Å². The van der Waals surface area contributed by atoms with E-state index in [0.29, 0.717) is 5.92 Å². The summed E-state index contributed by atoms with van der Waals surface area (Å²) in [7, 11) is 0. The van der Waals surface area contributed by atoms with Crippen molar-refractivity contribution >= 4 is 0 Å². The largest absolute Gasteiger partial charge is 0.449 e. The lowest BCUT2D eigenvalue weighted by atomic mass is 9.91. The topological polar surface area (TPSA) is 58.3 Å². The highest BCUT2D eigenvalue weighted by Crippen LogP contribution is 2.28. The minimum Gasteiger partial charge on any atom is -0.449 e. The van der Waals surface area contributed by atoms with E-state index >= 15 is 0 Å². The predicted octanol–water partition coefficient (Wildman–Crippen LogP) is 4.16. The van der Waals surface area contributed by atoms with E-state index in [1.54, 1.807) is 6.26 Å². The number of hydrogen-bond acceptors (Lipinski definition) is 4. The lowest BCUT2D eigenvalue weighted by Crippen LogP contribution is -2.29. The number of hydrogen-bond donors (Lipinski definition) is 2. The first-order valence-electron chi connectivity index (χ1n) is 10.1. The van der Waals surface area contributed by atoms with Crippen molar-refractivity contribution in [3.8, 4) is 0 Å². The Morgan fingerprint density at radius 2 is 1.81 bits per heavy atom. The average molecular weight is 357 g/mol. The first-order chi connectivity index (χ1) is 12.8. The number of nitrogens with zero attached hydrogens (tertiary/aromatic N) is 1. The fraction of sp³-hybridized carbons (Fsp3) is 0.591. The van der Waals surface area contributed by atoms with E-state index < -0.39 is 0 Å². The molecule has 26 heavy (non-hydrogen) atoms. The molecular formula is C22H32N2O2.